The van der Waals surface area contributed by atoms with E-state index in [1.807, 2.05) is 0 Å². The van der Waals surface area contributed by atoms with Crippen LogP contribution in [0.2, 0.25) is 0 Å². The summed E-state index contributed by atoms with van der Waals surface area (Å²) in [5.74, 6) is 2.10. The van der Waals surface area contributed by atoms with Crippen LogP contribution in [0.15, 0.2) is 0 Å². The highest BCUT2D eigenvalue weighted by Crippen LogP contribution is 2.15. The second-order valence-electron chi connectivity index (χ2n) is 4.74. The minimum absolute atomic E-state index is 0.448. The number of nitrogens with one attached hydrogen (secondary N) is 1. The van der Waals surface area contributed by atoms with Crippen LogP contribution >= 0.6 is 0 Å². The molecule has 1 N–H and O–H groups in total. The molecule has 18 heavy (non-hydrogen) atoms. The van der Waals surface area contributed by atoms with E-state index in [0.717, 1.165) is 44.0 Å². The molecule has 1 atom stereocenters. The van der Waals surface area contributed by atoms with Gasteiger partial charge in [-0.2, -0.15) is 5.10 Å². The van der Waals surface area contributed by atoms with E-state index in [9.17, 15) is 0 Å². The molecule has 0 amide bonds. The van der Waals surface area contributed by atoms with Crippen LogP contribution in [0.25, 0.3) is 0 Å². The fraction of sp³-hybridized carbons (Fsp3) is 0.857. The molecule has 1 aromatic heterocycles. The Balaban J connectivity index is 2.78. The molecule has 1 unspecified atom stereocenters. The Morgan fingerprint density at radius 3 is 2.44 bits per heavy atom. The van der Waals surface area contributed by atoms with E-state index >= 15 is 0 Å². The van der Waals surface area contributed by atoms with Crippen molar-refractivity contribution in [2.24, 2.45) is 0 Å². The summed E-state index contributed by atoms with van der Waals surface area (Å²) >= 11 is 0. The van der Waals surface area contributed by atoms with E-state index in [1.165, 1.54) is 12.8 Å². The largest absolute Gasteiger partial charge is 0.315 e. The van der Waals surface area contributed by atoms with Crippen molar-refractivity contribution < 1.29 is 0 Å². The Kier molecular flexibility index (Phi) is 6.94. The molecule has 0 radical (unpaired) electrons. The topological polar surface area (TPSA) is 42.7 Å². The summed E-state index contributed by atoms with van der Waals surface area (Å²) in [6.07, 6.45) is 5.40. The van der Waals surface area contributed by atoms with E-state index in [1.54, 1.807) is 0 Å². The van der Waals surface area contributed by atoms with Gasteiger partial charge >= 0.3 is 0 Å². The van der Waals surface area contributed by atoms with E-state index in [4.69, 9.17) is 0 Å². The molecule has 1 heterocycles. The Morgan fingerprint density at radius 2 is 1.89 bits per heavy atom. The monoisotopic (exact) mass is 252 g/mol. The van der Waals surface area contributed by atoms with Gasteiger partial charge in [-0.1, -0.05) is 34.1 Å². The van der Waals surface area contributed by atoms with Crippen LogP contribution in [0.3, 0.4) is 0 Å². The molecule has 0 aliphatic carbocycles. The van der Waals surface area contributed by atoms with Crippen molar-refractivity contribution in [3.63, 3.8) is 0 Å². The van der Waals surface area contributed by atoms with Crippen LogP contribution in [0.5, 0.6) is 0 Å². The standard InChI is InChI=1S/C14H28N4/c1-5-9-12(11-15-10-6-2)18-14(8-4)16-13(7-3)17-18/h12,15H,5-11H2,1-4H3. The van der Waals surface area contributed by atoms with Crippen molar-refractivity contribution in [2.75, 3.05) is 13.1 Å². The van der Waals surface area contributed by atoms with Gasteiger partial charge in [0.1, 0.15) is 5.82 Å². The Hall–Kier alpha value is -0.900. The van der Waals surface area contributed by atoms with Gasteiger partial charge < -0.3 is 5.32 Å². The lowest BCUT2D eigenvalue weighted by Crippen LogP contribution is -2.27. The summed E-state index contributed by atoms with van der Waals surface area (Å²) in [5, 5.41) is 8.17. The predicted molar refractivity (Wildman–Crippen MR) is 75.9 cm³/mol. The van der Waals surface area contributed by atoms with E-state index in [-0.39, 0.29) is 0 Å². The maximum Gasteiger partial charge on any atom is 0.150 e. The molecule has 1 aromatic rings. The maximum absolute atomic E-state index is 4.66. The highest BCUT2D eigenvalue weighted by atomic mass is 15.4. The van der Waals surface area contributed by atoms with Crippen LogP contribution in [-0.4, -0.2) is 27.9 Å². The van der Waals surface area contributed by atoms with Crippen LogP contribution in [0.4, 0.5) is 0 Å². The molecule has 0 spiro atoms. The normalized spacial score (nSPS) is 12.9. The minimum Gasteiger partial charge on any atom is -0.315 e. The summed E-state index contributed by atoms with van der Waals surface area (Å²) in [6.45, 7) is 10.8. The highest BCUT2D eigenvalue weighted by molar-refractivity contribution is 4.95. The highest BCUT2D eigenvalue weighted by Gasteiger charge is 2.16. The quantitative estimate of drug-likeness (QED) is 0.687. The number of aryl methyl sites for hydroxylation is 2. The molecule has 0 aromatic carbocycles. The lowest BCUT2D eigenvalue weighted by atomic mass is 10.1. The SMILES string of the molecule is CCCNCC(CCC)n1nc(CC)nc1CC. The van der Waals surface area contributed by atoms with Crippen molar-refractivity contribution in [2.45, 2.75) is 65.8 Å². The fourth-order valence-electron chi connectivity index (χ4n) is 2.18. The van der Waals surface area contributed by atoms with Crippen LogP contribution in [-0.2, 0) is 12.8 Å². The van der Waals surface area contributed by atoms with Gasteiger partial charge in [-0.3, -0.25) is 0 Å². The van der Waals surface area contributed by atoms with Gasteiger partial charge in [-0.15, -0.1) is 0 Å². The lowest BCUT2D eigenvalue weighted by Gasteiger charge is -2.19. The van der Waals surface area contributed by atoms with Gasteiger partial charge in [-0.05, 0) is 19.4 Å². The fourth-order valence-corrected chi connectivity index (χ4v) is 2.18. The third-order valence-corrected chi connectivity index (χ3v) is 3.15. The Morgan fingerprint density at radius 1 is 1.11 bits per heavy atom. The summed E-state index contributed by atoms with van der Waals surface area (Å²) < 4.78 is 2.16. The van der Waals surface area contributed by atoms with Crippen LogP contribution in [0, 0.1) is 0 Å². The van der Waals surface area contributed by atoms with Gasteiger partial charge in [-0.25, -0.2) is 9.67 Å². The predicted octanol–water partition coefficient (Wildman–Crippen LogP) is 2.74. The molecule has 0 aliphatic rings. The van der Waals surface area contributed by atoms with Crippen molar-refractivity contribution >= 4 is 0 Å². The van der Waals surface area contributed by atoms with Crippen molar-refractivity contribution in [1.82, 2.24) is 20.1 Å². The molecule has 104 valence electrons. The van der Waals surface area contributed by atoms with E-state index < -0.39 is 0 Å². The number of nitrogens with zero attached hydrogens (tertiary/aromatic N) is 3. The zero-order valence-corrected chi connectivity index (χ0v) is 12.4. The molecule has 0 aliphatic heterocycles. The number of aromatic nitrogens is 3. The number of hydrogen-bond donors (Lipinski definition) is 1. The van der Waals surface area contributed by atoms with Gasteiger partial charge in [0.2, 0.25) is 0 Å². The van der Waals surface area contributed by atoms with E-state index in [0.29, 0.717) is 6.04 Å². The Labute approximate surface area is 111 Å². The van der Waals surface area contributed by atoms with Gasteiger partial charge in [0.15, 0.2) is 5.82 Å². The zero-order chi connectivity index (χ0) is 13.4. The van der Waals surface area contributed by atoms with Gasteiger partial charge in [0, 0.05) is 19.4 Å². The lowest BCUT2D eigenvalue weighted by molar-refractivity contribution is 0.383. The molecule has 4 nitrogen and oxygen atoms in total. The first-order valence-corrected chi connectivity index (χ1v) is 7.41. The molecule has 1 rings (SSSR count). The average molecular weight is 252 g/mol. The third kappa shape index (κ3) is 4.09. The molecule has 4 heteroatoms. The smallest absolute Gasteiger partial charge is 0.150 e. The molecule has 0 saturated heterocycles. The first-order valence-electron chi connectivity index (χ1n) is 7.41. The molecule has 0 fully saturated rings. The average Bonchev–Trinajstić information content (AvgIpc) is 2.81. The second kappa shape index (κ2) is 8.25. The summed E-state index contributed by atoms with van der Waals surface area (Å²) in [6, 6.07) is 0.448. The molecule has 0 saturated carbocycles. The summed E-state index contributed by atoms with van der Waals surface area (Å²) in [5.41, 5.74) is 0. The van der Waals surface area contributed by atoms with Crippen LogP contribution in [0.1, 0.15) is 64.6 Å². The first kappa shape index (κ1) is 15.2. The van der Waals surface area contributed by atoms with Gasteiger partial charge in [0.05, 0.1) is 6.04 Å². The van der Waals surface area contributed by atoms with Crippen molar-refractivity contribution in [3.8, 4) is 0 Å². The second-order valence-corrected chi connectivity index (χ2v) is 4.74. The number of hydrogen-bond acceptors (Lipinski definition) is 3. The van der Waals surface area contributed by atoms with Crippen LogP contribution < -0.4 is 5.32 Å². The molecule has 0 bridgehead atoms. The minimum atomic E-state index is 0.448. The molecular weight excluding hydrogens is 224 g/mol. The van der Waals surface area contributed by atoms with Crippen molar-refractivity contribution in [3.05, 3.63) is 11.6 Å². The van der Waals surface area contributed by atoms with E-state index in [2.05, 4.69) is 47.8 Å². The Bertz CT molecular complexity index is 333. The van der Waals surface area contributed by atoms with Gasteiger partial charge in [0.25, 0.3) is 0 Å². The number of rotatable bonds is 9. The summed E-state index contributed by atoms with van der Waals surface area (Å²) in [7, 11) is 0. The molecular formula is C14H28N4. The zero-order valence-electron chi connectivity index (χ0n) is 12.4. The maximum atomic E-state index is 4.66. The van der Waals surface area contributed by atoms with Crippen molar-refractivity contribution in [1.29, 1.82) is 0 Å². The third-order valence-electron chi connectivity index (χ3n) is 3.15. The first-order chi connectivity index (χ1) is 8.76. The summed E-state index contributed by atoms with van der Waals surface area (Å²) in [4.78, 5) is 4.60.